The van der Waals surface area contributed by atoms with Crippen molar-refractivity contribution in [1.29, 1.82) is 0 Å². The van der Waals surface area contributed by atoms with Crippen LogP contribution in [0.15, 0.2) is 18.2 Å². The number of thiophene rings is 1. The average molecular weight is 318 g/mol. The summed E-state index contributed by atoms with van der Waals surface area (Å²) < 4.78 is 10.7. The summed E-state index contributed by atoms with van der Waals surface area (Å²) in [6.07, 6.45) is -0.345. The Morgan fingerprint density at radius 2 is 1.91 bits per heavy atom. The van der Waals surface area contributed by atoms with Gasteiger partial charge in [-0.2, -0.15) is 0 Å². The molecule has 5 nitrogen and oxygen atoms in total. The second kappa shape index (κ2) is 5.53. The zero-order chi connectivity index (χ0) is 15.9. The molecule has 0 radical (unpaired) electrons. The van der Waals surface area contributed by atoms with E-state index in [0.29, 0.717) is 5.75 Å². The first kappa shape index (κ1) is 14.7. The van der Waals surface area contributed by atoms with Crippen LogP contribution >= 0.6 is 11.3 Å². The molecule has 116 valence electrons. The Bertz CT molecular complexity index is 739. The van der Waals surface area contributed by atoms with Crippen LogP contribution in [0.3, 0.4) is 0 Å². The van der Waals surface area contributed by atoms with E-state index < -0.39 is 0 Å². The van der Waals surface area contributed by atoms with E-state index in [2.05, 4.69) is 10.6 Å². The number of nitrogens with one attached hydrogen (secondary N) is 2. The predicted molar refractivity (Wildman–Crippen MR) is 87.2 cm³/mol. The van der Waals surface area contributed by atoms with E-state index >= 15 is 0 Å². The van der Waals surface area contributed by atoms with Crippen LogP contribution in [0.25, 0.3) is 0 Å². The summed E-state index contributed by atoms with van der Waals surface area (Å²) in [6.45, 7) is 3.99. The lowest BCUT2D eigenvalue weighted by molar-refractivity contribution is 0.0935. The smallest absolute Gasteiger partial charge is 0.256 e. The molecule has 1 aromatic carbocycles. The van der Waals surface area contributed by atoms with Crippen LogP contribution in [0.1, 0.15) is 32.5 Å². The fourth-order valence-corrected chi connectivity index (χ4v) is 3.68. The van der Waals surface area contributed by atoms with Gasteiger partial charge >= 0.3 is 0 Å². The van der Waals surface area contributed by atoms with E-state index in [-0.39, 0.29) is 12.1 Å². The van der Waals surface area contributed by atoms with Crippen LogP contribution < -0.4 is 20.1 Å². The van der Waals surface area contributed by atoms with Gasteiger partial charge in [0.1, 0.15) is 22.7 Å². The lowest BCUT2D eigenvalue weighted by Gasteiger charge is -2.27. The summed E-state index contributed by atoms with van der Waals surface area (Å²) >= 11 is 1.60. The number of aryl methyl sites for hydroxylation is 1. The fraction of sp³-hybridized carbons (Fsp3) is 0.312. The van der Waals surface area contributed by atoms with E-state index in [1.165, 1.54) is 0 Å². The monoisotopic (exact) mass is 318 g/mol. The maximum atomic E-state index is 12.4. The van der Waals surface area contributed by atoms with Gasteiger partial charge in [0, 0.05) is 10.4 Å². The first-order valence-electron chi connectivity index (χ1n) is 6.94. The number of fused-ring (bicyclic) bond motifs is 1. The van der Waals surface area contributed by atoms with Crippen molar-refractivity contribution in [3.05, 3.63) is 39.8 Å². The van der Waals surface area contributed by atoms with Crippen molar-refractivity contribution in [2.24, 2.45) is 0 Å². The van der Waals surface area contributed by atoms with Crippen LogP contribution in [0.2, 0.25) is 0 Å². The molecule has 2 heterocycles. The van der Waals surface area contributed by atoms with Crippen molar-refractivity contribution in [3.63, 3.8) is 0 Å². The molecular formula is C16H18N2O3S. The molecule has 0 spiro atoms. The van der Waals surface area contributed by atoms with E-state index in [4.69, 9.17) is 9.47 Å². The Morgan fingerprint density at radius 1 is 1.14 bits per heavy atom. The number of amides is 1. The van der Waals surface area contributed by atoms with Gasteiger partial charge in [0.25, 0.3) is 5.91 Å². The molecule has 1 aliphatic heterocycles. The Hall–Kier alpha value is -2.21. The van der Waals surface area contributed by atoms with Crippen molar-refractivity contribution in [2.75, 3.05) is 19.5 Å². The quantitative estimate of drug-likeness (QED) is 0.912. The molecule has 22 heavy (non-hydrogen) atoms. The molecule has 0 fully saturated rings. The predicted octanol–water partition coefficient (Wildman–Crippen LogP) is 3.24. The van der Waals surface area contributed by atoms with Crippen molar-refractivity contribution in [3.8, 4) is 11.5 Å². The van der Waals surface area contributed by atoms with E-state index in [0.717, 1.165) is 32.3 Å². The van der Waals surface area contributed by atoms with Crippen molar-refractivity contribution in [1.82, 2.24) is 5.32 Å². The number of hydrogen-bond donors (Lipinski definition) is 2. The molecule has 1 unspecified atom stereocenters. The number of benzene rings is 1. The van der Waals surface area contributed by atoms with Gasteiger partial charge in [0.2, 0.25) is 0 Å². The number of ether oxygens (including phenoxy) is 2. The second-order valence-electron chi connectivity index (χ2n) is 5.15. The van der Waals surface area contributed by atoms with Gasteiger partial charge < -0.3 is 20.1 Å². The molecule has 3 rings (SSSR count). The molecule has 0 aliphatic carbocycles. The van der Waals surface area contributed by atoms with Crippen LogP contribution in [0.5, 0.6) is 11.5 Å². The molecule has 1 amide bonds. The van der Waals surface area contributed by atoms with E-state index in [1.54, 1.807) is 25.6 Å². The summed E-state index contributed by atoms with van der Waals surface area (Å²) in [6, 6.07) is 5.54. The van der Waals surface area contributed by atoms with Crippen LogP contribution in [-0.2, 0) is 0 Å². The Balaban J connectivity index is 2.02. The van der Waals surface area contributed by atoms with Crippen LogP contribution in [0.4, 0.5) is 5.00 Å². The number of anilines is 1. The summed E-state index contributed by atoms with van der Waals surface area (Å²) in [5.41, 5.74) is 2.60. The second-order valence-corrected chi connectivity index (χ2v) is 6.37. The van der Waals surface area contributed by atoms with Crippen molar-refractivity contribution < 1.29 is 14.3 Å². The third-order valence-electron chi connectivity index (χ3n) is 3.91. The highest BCUT2D eigenvalue weighted by Gasteiger charge is 2.30. The summed E-state index contributed by atoms with van der Waals surface area (Å²) in [5, 5.41) is 7.27. The van der Waals surface area contributed by atoms with Gasteiger partial charge in [-0.25, -0.2) is 0 Å². The van der Waals surface area contributed by atoms with E-state index in [1.807, 2.05) is 32.0 Å². The van der Waals surface area contributed by atoms with Crippen molar-refractivity contribution in [2.45, 2.75) is 20.0 Å². The van der Waals surface area contributed by atoms with Gasteiger partial charge in [-0.05, 0) is 37.6 Å². The zero-order valence-corrected chi connectivity index (χ0v) is 13.8. The van der Waals surface area contributed by atoms with Gasteiger partial charge in [-0.3, -0.25) is 4.79 Å². The molecule has 0 bridgehead atoms. The number of carbonyl (C=O) groups is 1. The van der Waals surface area contributed by atoms with Gasteiger partial charge in [-0.1, -0.05) is 0 Å². The Morgan fingerprint density at radius 3 is 2.59 bits per heavy atom. The standard InChI is InChI=1S/C16H18N2O3S/c1-8-9(2)22-16-13(8)15(19)17-14(18-16)11-7-10(20-3)5-6-12(11)21-4/h5-7,14,18H,1-4H3,(H,17,19). The average Bonchev–Trinajstić information content (AvgIpc) is 2.81. The third kappa shape index (κ3) is 2.29. The molecule has 2 N–H and O–H groups in total. The molecule has 1 aliphatic rings. The molecule has 0 saturated heterocycles. The van der Waals surface area contributed by atoms with Crippen LogP contribution in [-0.4, -0.2) is 20.1 Å². The normalized spacial score (nSPS) is 16.5. The minimum Gasteiger partial charge on any atom is -0.497 e. The Kier molecular flexibility index (Phi) is 3.70. The highest BCUT2D eigenvalue weighted by molar-refractivity contribution is 7.16. The van der Waals surface area contributed by atoms with Gasteiger partial charge in [0.05, 0.1) is 19.8 Å². The summed E-state index contributed by atoms with van der Waals surface area (Å²) in [5.74, 6) is 1.36. The molecule has 6 heteroatoms. The lowest BCUT2D eigenvalue weighted by atomic mass is 10.1. The maximum Gasteiger partial charge on any atom is 0.256 e. The maximum absolute atomic E-state index is 12.4. The largest absolute Gasteiger partial charge is 0.497 e. The first-order valence-corrected chi connectivity index (χ1v) is 7.76. The highest BCUT2D eigenvalue weighted by atomic mass is 32.1. The number of methoxy groups -OCH3 is 2. The zero-order valence-electron chi connectivity index (χ0n) is 12.9. The Labute approximate surface area is 133 Å². The van der Waals surface area contributed by atoms with Crippen LogP contribution in [0, 0.1) is 13.8 Å². The molecule has 1 aromatic heterocycles. The lowest BCUT2D eigenvalue weighted by Crippen LogP contribution is -2.38. The summed E-state index contributed by atoms with van der Waals surface area (Å²) in [4.78, 5) is 13.6. The molecule has 1 atom stereocenters. The minimum atomic E-state index is -0.345. The molecular weight excluding hydrogens is 300 g/mol. The number of rotatable bonds is 3. The highest BCUT2D eigenvalue weighted by Crippen LogP contribution is 2.39. The number of carbonyl (C=O) groups excluding carboxylic acids is 1. The minimum absolute atomic E-state index is 0.0644. The van der Waals surface area contributed by atoms with Gasteiger partial charge in [-0.15, -0.1) is 11.3 Å². The summed E-state index contributed by atoms with van der Waals surface area (Å²) in [7, 11) is 3.23. The number of hydrogen-bond acceptors (Lipinski definition) is 5. The third-order valence-corrected chi connectivity index (χ3v) is 5.05. The molecule has 2 aromatic rings. The van der Waals surface area contributed by atoms with Crippen molar-refractivity contribution >= 4 is 22.2 Å². The topological polar surface area (TPSA) is 59.6 Å². The molecule has 0 saturated carbocycles. The van der Waals surface area contributed by atoms with E-state index in [9.17, 15) is 4.79 Å². The fourth-order valence-electron chi connectivity index (χ4n) is 2.59. The SMILES string of the molecule is COc1ccc(OC)c(C2NC(=O)c3c(sc(C)c3C)N2)c1. The first-order chi connectivity index (χ1) is 10.5. The van der Waals surface area contributed by atoms with Gasteiger partial charge in [0.15, 0.2) is 0 Å².